The zero-order valence-electron chi connectivity index (χ0n) is 10.3. The second-order valence-electron chi connectivity index (χ2n) is 5.81. The second kappa shape index (κ2) is 3.84. The quantitative estimate of drug-likeness (QED) is 0.702. The molecule has 0 saturated carbocycles. The van der Waals surface area contributed by atoms with Crippen LogP contribution < -0.4 is 0 Å². The van der Waals surface area contributed by atoms with Gasteiger partial charge in [-0.25, -0.2) is 4.99 Å². The molecular weight excluding hydrogens is 276 g/mol. The molecule has 1 aromatic rings. The summed E-state index contributed by atoms with van der Waals surface area (Å²) in [5.41, 5.74) is 2.89. The van der Waals surface area contributed by atoms with Gasteiger partial charge in [0.2, 0.25) is 0 Å². The molecule has 0 unspecified atom stereocenters. The van der Waals surface area contributed by atoms with Gasteiger partial charge in [-0.1, -0.05) is 35.8 Å². The van der Waals surface area contributed by atoms with E-state index in [1.807, 2.05) is 0 Å². The van der Waals surface area contributed by atoms with E-state index in [1.54, 1.807) is 0 Å². The standard InChI is InChI=1S/C14H17BrN2/c1-14(2)5-6-17-9-10-3-4-11(15)7-12(10)16-13(17)8-14/h3-4,7H,5-6,8-9H2,1-2H3. The predicted molar refractivity (Wildman–Crippen MR) is 74.7 cm³/mol. The van der Waals surface area contributed by atoms with E-state index in [9.17, 15) is 0 Å². The van der Waals surface area contributed by atoms with E-state index in [0.717, 1.165) is 29.7 Å². The van der Waals surface area contributed by atoms with Crippen LogP contribution in [0.25, 0.3) is 0 Å². The Kier molecular flexibility index (Phi) is 2.54. The molecule has 1 fully saturated rings. The van der Waals surface area contributed by atoms with Crippen molar-refractivity contribution in [2.24, 2.45) is 10.4 Å². The molecule has 1 aromatic carbocycles. The van der Waals surface area contributed by atoms with Crippen LogP contribution in [0.15, 0.2) is 27.7 Å². The number of nitrogens with zero attached hydrogens (tertiary/aromatic N) is 2. The van der Waals surface area contributed by atoms with Crippen LogP contribution >= 0.6 is 15.9 Å². The summed E-state index contributed by atoms with van der Waals surface area (Å²) in [4.78, 5) is 7.27. The average molecular weight is 293 g/mol. The van der Waals surface area contributed by atoms with E-state index >= 15 is 0 Å². The maximum absolute atomic E-state index is 4.84. The normalized spacial score (nSPS) is 21.6. The molecule has 17 heavy (non-hydrogen) atoms. The van der Waals surface area contributed by atoms with Gasteiger partial charge in [0.25, 0.3) is 0 Å². The van der Waals surface area contributed by atoms with Crippen molar-refractivity contribution in [3.63, 3.8) is 0 Å². The number of benzene rings is 1. The van der Waals surface area contributed by atoms with Crippen LogP contribution in [0.4, 0.5) is 5.69 Å². The Hall–Kier alpha value is -0.830. The summed E-state index contributed by atoms with van der Waals surface area (Å²) >= 11 is 3.52. The van der Waals surface area contributed by atoms with Crippen molar-refractivity contribution in [2.75, 3.05) is 6.54 Å². The molecule has 2 aliphatic rings. The highest BCUT2D eigenvalue weighted by atomic mass is 79.9. The van der Waals surface area contributed by atoms with Gasteiger partial charge in [-0.3, -0.25) is 0 Å². The minimum absolute atomic E-state index is 0.402. The Labute approximate surface area is 111 Å². The van der Waals surface area contributed by atoms with E-state index in [1.165, 1.54) is 17.8 Å². The monoisotopic (exact) mass is 292 g/mol. The number of piperidine rings is 1. The van der Waals surface area contributed by atoms with Gasteiger partial charge in [-0.2, -0.15) is 0 Å². The zero-order valence-corrected chi connectivity index (χ0v) is 11.9. The van der Waals surface area contributed by atoms with Crippen molar-refractivity contribution >= 4 is 27.5 Å². The first-order valence-electron chi connectivity index (χ1n) is 6.14. The SMILES string of the molecule is CC1(C)CCN2Cc3ccc(Br)cc3N=C2C1. The molecule has 0 amide bonds. The molecule has 0 N–H and O–H groups in total. The number of rotatable bonds is 0. The molecule has 0 aromatic heterocycles. The lowest BCUT2D eigenvalue weighted by atomic mass is 9.81. The maximum atomic E-state index is 4.84. The molecule has 2 aliphatic heterocycles. The molecule has 2 heterocycles. The molecule has 0 radical (unpaired) electrons. The third kappa shape index (κ3) is 2.13. The second-order valence-corrected chi connectivity index (χ2v) is 6.73. The summed E-state index contributed by atoms with van der Waals surface area (Å²) in [6.07, 6.45) is 2.36. The summed E-state index contributed by atoms with van der Waals surface area (Å²) < 4.78 is 1.11. The van der Waals surface area contributed by atoms with Crippen LogP contribution in [-0.2, 0) is 6.54 Å². The minimum Gasteiger partial charge on any atom is -0.356 e. The molecule has 0 bridgehead atoms. The highest BCUT2D eigenvalue weighted by Gasteiger charge is 2.32. The van der Waals surface area contributed by atoms with Crippen LogP contribution in [0.5, 0.6) is 0 Å². The number of aliphatic imine (C=N–C) groups is 1. The molecule has 3 rings (SSSR count). The topological polar surface area (TPSA) is 15.6 Å². The van der Waals surface area contributed by atoms with E-state index in [4.69, 9.17) is 4.99 Å². The third-order valence-electron chi connectivity index (χ3n) is 3.72. The van der Waals surface area contributed by atoms with Crippen molar-refractivity contribution in [3.8, 4) is 0 Å². The fourth-order valence-electron chi connectivity index (χ4n) is 2.59. The van der Waals surface area contributed by atoms with Gasteiger partial charge < -0.3 is 4.90 Å². The molecule has 0 spiro atoms. The lowest BCUT2D eigenvalue weighted by Crippen LogP contribution is -2.42. The summed E-state index contributed by atoms with van der Waals surface area (Å²) in [6, 6.07) is 6.41. The molecule has 3 heteroatoms. The first-order valence-corrected chi connectivity index (χ1v) is 6.94. The van der Waals surface area contributed by atoms with Gasteiger partial charge in [-0.05, 0) is 29.5 Å². The van der Waals surface area contributed by atoms with Gasteiger partial charge in [0.15, 0.2) is 0 Å². The highest BCUT2D eigenvalue weighted by Crippen LogP contribution is 2.37. The van der Waals surface area contributed by atoms with Crippen LogP contribution in [-0.4, -0.2) is 17.3 Å². The Morgan fingerprint density at radius 3 is 3.00 bits per heavy atom. The summed E-state index contributed by atoms with van der Waals surface area (Å²) in [7, 11) is 0. The van der Waals surface area contributed by atoms with Crippen molar-refractivity contribution in [2.45, 2.75) is 33.2 Å². The predicted octanol–water partition coefficient (Wildman–Crippen LogP) is 4.11. The highest BCUT2D eigenvalue weighted by molar-refractivity contribution is 9.10. The van der Waals surface area contributed by atoms with Crippen LogP contribution in [0.3, 0.4) is 0 Å². The molecule has 2 nitrogen and oxygen atoms in total. The summed E-state index contributed by atoms with van der Waals surface area (Å²) in [5.74, 6) is 1.27. The molecule has 0 aliphatic carbocycles. The fourth-order valence-corrected chi connectivity index (χ4v) is 2.94. The summed E-state index contributed by atoms with van der Waals surface area (Å²) in [6.45, 7) is 6.84. The fraction of sp³-hybridized carbons (Fsp3) is 0.500. The third-order valence-corrected chi connectivity index (χ3v) is 4.21. The van der Waals surface area contributed by atoms with Gasteiger partial charge in [0.1, 0.15) is 5.84 Å². The molecule has 1 saturated heterocycles. The molecule has 90 valence electrons. The number of halogens is 1. The Morgan fingerprint density at radius 2 is 2.18 bits per heavy atom. The van der Waals surface area contributed by atoms with Crippen LogP contribution in [0.1, 0.15) is 32.3 Å². The van der Waals surface area contributed by atoms with E-state index in [0.29, 0.717) is 5.41 Å². The Bertz CT molecular complexity index is 491. The number of hydrogen-bond acceptors (Lipinski definition) is 2. The number of hydrogen-bond donors (Lipinski definition) is 0. The number of fused-ring (bicyclic) bond motifs is 2. The minimum atomic E-state index is 0.402. The van der Waals surface area contributed by atoms with Gasteiger partial charge >= 0.3 is 0 Å². The maximum Gasteiger partial charge on any atom is 0.106 e. The largest absolute Gasteiger partial charge is 0.356 e. The first kappa shape index (κ1) is 11.3. The zero-order chi connectivity index (χ0) is 12.0. The Morgan fingerprint density at radius 1 is 1.35 bits per heavy atom. The van der Waals surface area contributed by atoms with E-state index < -0.39 is 0 Å². The van der Waals surface area contributed by atoms with Crippen LogP contribution in [0.2, 0.25) is 0 Å². The van der Waals surface area contributed by atoms with E-state index in [-0.39, 0.29) is 0 Å². The van der Waals surface area contributed by atoms with Crippen molar-refractivity contribution in [1.29, 1.82) is 0 Å². The van der Waals surface area contributed by atoms with Crippen LogP contribution in [0, 0.1) is 5.41 Å². The van der Waals surface area contributed by atoms with Crippen molar-refractivity contribution in [3.05, 3.63) is 28.2 Å². The van der Waals surface area contributed by atoms with Crippen molar-refractivity contribution in [1.82, 2.24) is 4.90 Å². The molecule has 0 atom stereocenters. The van der Waals surface area contributed by atoms with Gasteiger partial charge in [0.05, 0.1) is 5.69 Å². The van der Waals surface area contributed by atoms with Gasteiger partial charge in [-0.15, -0.1) is 0 Å². The Balaban J connectivity index is 2.00. The lowest BCUT2D eigenvalue weighted by molar-refractivity contribution is 0.234. The van der Waals surface area contributed by atoms with E-state index in [2.05, 4.69) is 52.9 Å². The smallest absolute Gasteiger partial charge is 0.106 e. The summed E-state index contributed by atoms with van der Waals surface area (Å²) in [5, 5.41) is 0. The van der Waals surface area contributed by atoms with Gasteiger partial charge in [0, 0.05) is 24.0 Å². The number of amidine groups is 1. The lowest BCUT2D eigenvalue weighted by Gasteiger charge is -2.41. The first-order chi connectivity index (χ1) is 8.03. The average Bonchev–Trinajstić information content (AvgIpc) is 2.25. The van der Waals surface area contributed by atoms with Crippen molar-refractivity contribution < 1.29 is 0 Å². The molecular formula is C14H17BrN2.